The maximum Gasteiger partial charge on any atom is 0.430 e. The molecule has 1 N–H and O–H groups in total. The van der Waals surface area contributed by atoms with Crippen molar-refractivity contribution < 1.29 is 45.7 Å². The first-order valence-electron chi connectivity index (χ1n) is 11.8. The average Bonchev–Trinajstić information content (AvgIpc) is 3.06. The van der Waals surface area contributed by atoms with Gasteiger partial charge in [-0.15, -0.1) is 0 Å². The number of aryl methyl sites for hydroxylation is 1. The number of nitrogens with zero attached hydrogens (tertiary/aromatic N) is 2. The molecule has 0 bridgehead atoms. The summed E-state index contributed by atoms with van der Waals surface area (Å²) in [5.41, 5.74) is -5.72. The minimum Gasteiger partial charge on any atom is -0.497 e. The summed E-state index contributed by atoms with van der Waals surface area (Å²) in [6, 6.07) is 12.2. The zero-order valence-electron chi connectivity index (χ0n) is 20.6. The number of hydrogen-bond acceptors (Lipinski definition) is 5. The van der Waals surface area contributed by atoms with Crippen LogP contribution >= 0.6 is 0 Å². The predicted octanol–water partition coefficient (Wildman–Crippen LogP) is 5.37. The smallest absolute Gasteiger partial charge is 0.430 e. The summed E-state index contributed by atoms with van der Waals surface area (Å²) < 4.78 is 92.5. The van der Waals surface area contributed by atoms with Crippen molar-refractivity contribution in [2.24, 2.45) is 0 Å². The van der Waals surface area contributed by atoms with Gasteiger partial charge < -0.3 is 19.5 Å². The number of aromatic nitrogens is 1. The molecule has 0 spiro atoms. The van der Waals surface area contributed by atoms with Crippen LogP contribution in [-0.4, -0.2) is 48.1 Å². The molecule has 1 aliphatic heterocycles. The van der Waals surface area contributed by atoms with Crippen LogP contribution in [0, 0.1) is 0 Å². The second kappa shape index (κ2) is 10.8. The van der Waals surface area contributed by atoms with E-state index in [1.165, 1.54) is 24.4 Å². The van der Waals surface area contributed by atoms with Crippen molar-refractivity contribution >= 4 is 11.6 Å². The minimum absolute atomic E-state index is 0.0136. The van der Waals surface area contributed by atoms with E-state index in [4.69, 9.17) is 9.47 Å². The number of carbonyl (C=O) groups excluding carboxylic acids is 1. The monoisotopic (exact) mass is 554 g/mol. The second-order valence-electron chi connectivity index (χ2n) is 9.05. The highest BCUT2D eigenvalue weighted by Crippen LogP contribution is 2.50. The highest BCUT2D eigenvalue weighted by Gasteiger charge is 2.71. The lowest BCUT2D eigenvalue weighted by atomic mass is 9.89. The Morgan fingerprint density at radius 3 is 2.38 bits per heavy atom. The molecule has 6 nitrogen and oxygen atoms in total. The van der Waals surface area contributed by atoms with E-state index >= 15 is 0 Å². The van der Waals surface area contributed by atoms with Crippen LogP contribution in [0.3, 0.4) is 0 Å². The number of pyridine rings is 1. The number of hydrogen-bond donors (Lipinski definition) is 1. The van der Waals surface area contributed by atoms with Crippen molar-refractivity contribution in [2.75, 3.05) is 18.6 Å². The Morgan fingerprint density at radius 1 is 1.03 bits per heavy atom. The SMILES string of the molecule is COc1cccc(O[C@H]2CCc3cc(C(O)(C(F)(F)F)C(F)(F)F)ccc3N(C(=O)Cc3cccnc3)C2)c1. The molecule has 0 aliphatic carbocycles. The number of amides is 1. The molecule has 208 valence electrons. The van der Waals surface area contributed by atoms with E-state index in [1.54, 1.807) is 36.4 Å². The third kappa shape index (κ3) is 5.80. The minimum atomic E-state index is -6.03. The molecule has 1 atom stereocenters. The van der Waals surface area contributed by atoms with Crippen LogP contribution in [0.15, 0.2) is 67.0 Å². The first-order chi connectivity index (χ1) is 18.3. The van der Waals surface area contributed by atoms with Gasteiger partial charge in [0, 0.05) is 29.7 Å². The van der Waals surface area contributed by atoms with Gasteiger partial charge in [0.15, 0.2) is 0 Å². The molecule has 39 heavy (non-hydrogen) atoms. The second-order valence-corrected chi connectivity index (χ2v) is 9.05. The lowest BCUT2D eigenvalue weighted by Gasteiger charge is -2.33. The number of benzene rings is 2. The van der Waals surface area contributed by atoms with Gasteiger partial charge in [-0.25, -0.2) is 0 Å². The molecule has 0 saturated heterocycles. The molecule has 1 aliphatic rings. The van der Waals surface area contributed by atoms with Gasteiger partial charge in [-0.3, -0.25) is 9.78 Å². The summed E-state index contributed by atoms with van der Waals surface area (Å²) in [6.07, 6.45) is -9.67. The molecule has 0 unspecified atom stereocenters. The van der Waals surface area contributed by atoms with Crippen molar-refractivity contribution in [3.63, 3.8) is 0 Å². The maximum absolute atomic E-state index is 13.5. The maximum atomic E-state index is 13.5. The van der Waals surface area contributed by atoms with Gasteiger partial charge in [0.2, 0.25) is 5.91 Å². The molecule has 4 rings (SSSR count). The standard InChI is InChI=1S/C27H24F6N2O4/c1-38-20-5-2-6-21(14-20)39-22-9-7-18-13-19(25(37,26(28,29)30)27(31,32)33)8-10-23(18)35(16-22)24(36)12-17-4-3-11-34-15-17/h2-6,8,10-11,13-15,22,37H,7,9,12,16H2,1H3/t22-/m0/s1. The Balaban J connectivity index is 1.73. The first-order valence-corrected chi connectivity index (χ1v) is 11.8. The number of carbonyl (C=O) groups is 1. The van der Waals surface area contributed by atoms with Crippen molar-refractivity contribution in [3.8, 4) is 11.5 Å². The number of anilines is 1. The third-order valence-corrected chi connectivity index (χ3v) is 6.45. The molecule has 0 fully saturated rings. The van der Waals surface area contributed by atoms with E-state index in [0.717, 1.165) is 6.07 Å². The Hall–Kier alpha value is -3.80. The Labute approximate surface area is 219 Å². The summed E-state index contributed by atoms with van der Waals surface area (Å²) in [5, 5.41) is 9.92. The lowest BCUT2D eigenvalue weighted by Crippen LogP contribution is -2.54. The van der Waals surface area contributed by atoms with E-state index in [9.17, 15) is 36.2 Å². The van der Waals surface area contributed by atoms with Crippen LogP contribution < -0.4 is 14.4 Å². The molecular formula is C27H24F6N2O4. The first kappa shape index (κ1) is 28.2. The van der Waals surface area contributed by atoms with Crippen molar-refractivity contribution in [2.45, 2.75) is 43.3 Å². The number of rotatable bonds is 6. The topological polar surface area (TPSA) is 71.9 Å². The average molecular weight is 554 g/mol. The zero-order valence-corrected chi connectivity index (χ0v) is 20.6. The fraction of sp³-hybridized carbons (Fsp3) is 0.333. The highest BCUT2D eigenvalue weighted by atomic mass is 19.4. The van der Waals surface area contributed by atoms with Crippen molar-refractivity contribution in [1.29, 1.82) is 0 Å². The molecule has 0 radical (unpaired) electrons. The van der Waals surface area contributed by atoms with Gasteiger partial charge in [-0.1, -0.05) is 24.3 Å². The van der Waals surface area contributed by atoms with Gasteiger partial charge in [0.25, 0.3) is 5.60 Å². The van der Waals surface area contributed by atoms with E-state index in [2.05, 4.69) is 4.98 Å². The fourth-order valence-corrected chi connectivity index (χ4v) is 4.44. The highest BCUT2D eigenvalue weighted by molar-refractivity contribution is 5.95. The summed E-state index contributed by atoms with van der Waals surface area (Å²) in [5.74, 6) is 0.464. The largest absolute Gasteiger partial charge is 0.497 e. The summed E-state index contributed by atoms with van der Waals surface area (Å²) in [6.45, 7) is -0.0224. The van der Waals surface area contributed by atoms with Crippen LogP contribution in [0.25, 0.3) is 0 Å². The zero-order chi connectivity index (χ0) is 28.4. The van der Waals surface area contributed by atoms with E-state index in [0.29, 0.717) is 29.2 Å². The van der Waals surface area contributed by atoms with Gasteiger partial charge >= 0.3 is 12.4 Å². The van der Waals surface area contributed by atoms with E-state index in [1.807, 2.05) is 0 Å². The Kier molecular flexibility index (Phi) is 7.78. The Bertz CT molecular complexity index is 1300. The van der Waals surface area contributed by atoms with E-state index in [-0.39, 0.29) is 37.1 Å². The van der Waals surface area contributed by atoms with Gasteiger partial charge in [0.1, 0.15) is 17.6 Å². The molecular weight excluding hydrogens is 530 g/mol. The number of halogens is 6. The molecule has 0 saturated carbocycles. The van der Waals surface area contributed by atoms with E-state index < -0.39 is 35.5 Å². The predicted molar refractivity (Wildman–Crippen MR) is 128 cm³/mol. The van der Waals surface area contributed by atoms with Crippen LogP contribution in [0.4, 0.5) is 32.0 Å². The summed E-state index contributed by atoms with van der Waals surface area (Å²) >= 11 is 0. The van der Waals surface area contributed by atoms with Gasteiger partial charge in [-0.05, 0) is 48.2 Å². The van der Waals surface area contributed by atoms with Crippen LogP contribution in [0.2, 0.25) is 0 Å². The lowest BCUT2D eigenvalue weighted by molar-refractivity contribution is -0.376. The van der Waals surface area contributed by atoms with Crippen LogP contribution in [-0.2, 0) is 23.2 Å². The number of ether oxygens (including phenoxy) is 2. The summed E-state index contributed by atoms with van der Waals surface area (Å²) in [7, 11) is 1.47. The molecule has 3 aromatic rings. The molecule has 12 heteroatoms. The fourth-order valence-electron chi connectivity index (χ4n) is 4.44. The van der Waals surface area contributed by atoms with Crippen molar-refractivity contribution in [3.05, 3.63) is 83.7 Å². The molecule has 1 aromatic heterocycles. The molecule has 1 amide bonds. The van der Waals surface area contributed by atoms with Crippen LogP contribution in [0.1, 0.15) is 23.1 Å². The quantitative estimate of drug-likeness (QED) is 0.415. The third-order valence-electron chi connectivity index (χ3n) is 6.45. The van der Waals surface area contributed by atoms with Gasteiger partial charge in [-0.2, -0.15) is 26.3 Å². The Morgan fingerprint density at radius 2 is 1.74 bits per heavy atom. The molecule has 2 aromatic carbocycles. The van der Waals surface area contributed by atoms with Gasteiger partial charge in [0.05, 0.1) is 20.1 Å². The molecule has 2 heterocycles. The number of methoxy groups -OCH3 is 1. The number of aliphatic hydroxyl groups is 1. The number of alkyl halides is 6. The van der Waals surface area contributed by atoms with Crippen LogP contribution in [0.5, 0.6) is 11.5 Å². The normalized spacial score (nSPS) is 16.3. The number of fused-ring (bicyclic) bond motifs is 1. The van der Waals surface area contributed by atoms with Crippen molar-refractivity contribution in [1.82, 2.24) is 4.98 Å². The summed E-state index contributed by atoms with van der Waals surface area (Å²) in [4.78, 5) is 18.6.